The van der Waals surface area contributed by atoms with Gasteiger partial charge in [-0.3, -0.25) is 4.79 Å². The maximum atomic E-state index is 13.0. The second-order valence-electron chi connectivity index (χ2n) is 7.10. The summed E-state index contributed by atoms with van der Waals surface area (Å²) in [5.74, 6) is -0.455. The molecule has 0 bridgehead atoms. The molecule has 0 heterocycles. The Balaban J connectivity index is 2.00. The van der Waals surface area contributed by atoms with Gasteiger partial charge in [-0.2, -0.15) is 4.31 Å². The van der Waals surface area contributed by atoms with Gasteiger partial charge in [0.2, 0.25) is 15.9 Å². The summed E-state index contributed by atoms with van der Waals surface area (Å²) in [6.45, 7) is 8.22. The molecule has 1 N–H and O–H groups in total. The van der Waals surface area contributed by atoms with Crippen LogP contribution in [0.4, 0.5) is 4.39 Å². The number of nitrogens with zero attached hydrogens (tertiary/aromatic N) is 1. The van der Waals surface area contributed by atoms with Crippen molar-refractivity contribution >= 4 is 15.9 Å². The molecule has 2 unspecified atom stereocenters. The average Bonchev–Trinajstić information content (AvgIpc) is 2.69. The smallest absolute Gasteiger partial charge is 0.243 e. The van der Waals surface area contributed by atoms with Gasteiger partial charge in [0.15, 0.2) is 0 Å². The van der Waals surface area contributed by atoms with Crippen molar-refractivity contribution in [2.45, 2.75) is 51.0 Å². The summed E-state index contributed by atoms with van der Waals surface area (Å²) in [4.78, 5) is 12.6. The van der Waals surface area contributed by atoms with E-state index in [1.807, 2.05) is 13.8 Å². The molecule has 0 aliphatic carbocycles. The first-order chi connectivity index (χ1) is 13.7. The van der Waals surface area contributed by atoms with Crippen LogP contribution in [0.1, 0.15) is 57.2 Å². The third-order valence-corrected chi connectivity index (χ3v) is 7.10. The molecule has 29 heavy (non-hydrogen) atoms. The van der Waals surface area contributed by atoms with Crippen molar-refractivity contribution in [2.75, 3.05) is 13.1 Å². The van der Waals surface area contributed by atoms with Gasteiger partial charge in [-0.1, -0.05) is 45.0 Å². The number of rotatable bonds is 9. The van der Waals surface area contributed by atoms with Gasteiger partial charge in [0.25, 0.3) is 0 Å². The van der Waals surface area contributed by atoms with Gasteiger partial charge >= 0.3 is 0 Å². The monoisotopic (exact) mass is 420 g/mol. The van der Waals surface area contributed by atoms with E-state index in [4.69, 9.17) is 0 Å². The first-order valence-corrected chi connectivity index (χ1v) is 11.3. The zero-order valence-corrected chi connectivity index (χ0v) is 18.2. The van der Waals surface area contributed by atoms with Crippen molar-refractivity contribution in [1.82, 2.24) is 9.62 Å². The highest BCUT2D eigenvalue weighted by Gasteiger charge is 2.22. The van der Waals surface area contributed by atoms with Crippen LogP contribution in [-0.2, 0) is 14.8 Å². The second kappa shape index (κ2) is 9.98. The van der Waals surface area contributed by atoms with Crippen molar-refractivity contribution in [2.24, 2.45) is 0 Å². The summed E-state index contributed by atoms with van der Waals surface area (Å²) >= 11 is 0. The number of carbonyl (C=O) groups excluding carboxylic acids is 1. The van der Waals surface area contributed by atoms with Gasteiger partial charge in [-0.05, 0) is 48.2 Å². The predicted octanol–water partition coefficient (Wildman–Crippen LogP) is 4.23. The first kappa shape index (κ1) is 23.0. The summed E-state index contributed by atoms with van der Waals surface area (Å²) in [5.41, 5.74) is 1.73. The Hall–Kier alpha value is -2.25. The van der Waals surface area contributed by atoms with Crippen LogP contribution in [0.15, 0.2) is 53.4 Å². The van der Waals surface area contributed by atoms with Crippen LogP contribution in [0.5, 0.6) is 0 Å². The summed E-state index contributed by atoms with van der Waals surface area (Å²) < 4.78 is 39.6. The molecule has 5 nitrogen and oxygen atoms in total. The Morgan fingerprint density at radius 2 is 1.48 bits per heavy atom. The maximum Gasteiger partial charge on any atom is 0.243 e. The van der Waals surface area contributed by atoms with E-state index in [0.717, 1.165) is 11.1 Å². The molecule has 0 aliphatic heterocycles. The molecule has 0 aromatic heterocycles. The molecular weight excluding hydrogens is 391 g/mol. The van der Waals surface area contributed by atoms with Crippen LogP contribution in [-0.4, -0.2) is 31.7 Å². The molecule has 158 valence electrons. The second-order valence-corrected chi connectivity index (χ2v) is 9.04. The summed E-state index contributed by atoms with van der Waals surface area (Å²) in [7, 11) is -3.50. The molecule has 7 heteroatoms. The molecule has 0 fully saturated rings. The Morgan fingerprint density at radius 3 is 2.00 bits per heavy atom. The van der Waals surface area contributed by atoms with E-state index in [1.165, 1.54) is 16.4 Å². The fraction of sp³-hybridized carbons (Fsp3) is 0.409. The van der Waals surface area contributed by atoms with Crippen LogP contribution in [0.2, 0.25) is 0 Å². The Kier molecular flexibility index (Phi) is 7.93. The maximum absolute atomic E-state index is 13.0. The highest BCUT2D eigenvalue weighted by atomic mass is 32.2. The van der Waals surface area contributed by atoms with Gasteiger partial charge in [0, 0.05) is 19.5 Å². The minimum absolute atomic E-state index is 0.0376. The lowest BCUT2D eigenvalue weighted by molar-refractivity contribution is -0.122. The number of hydrogen-bond donors (Lipinski definition) is 1. The third kappa shape index (κ3) is 5.87. The van der Waals surface area contributed by atoms with Gasteiger partial charge in [0.05, 0.1) is 10.9 Å². The molecule has 1 amide bonds. The number of hydrogen-bond acceptors (Lipinski definition) is 3. The highest BCUT2D eigenvalue weighted by molar-refractivity contribution is 7.89. The zero-order chi connectivity index (χ0) is 21.6. The minimum Gasteiger partial charge on any atom is -0.350 e. The number of nitrogens with one attached hydrogen (secondary N) is 1. The SMILES string of the molecule is CCN(CC)S(=O)(=O)c1ccc(C(C)NC(=O)CC(C)c2ccc(F)cc2)cc1. The molecule has 2 aromatic rings. The molecule has 2 aromatic carbocycles. The van der Waals surface area contributed by atoms with E-state index in [9.17, 15) is 17.6 Å². The van der Waals surface area contributed by atoms with Crippen LogP contribution in [0.3, 0.4) is 0 Å². The van der Waals surface area contributed by atoms with Crippen molar-refractivity contribution in [1.29, 1.82) is 0 Å². The number of sulfonamides is 1. The highest BCUT2D eigenvalue weighted by Crippen LogP contribution is 2.22. The molecule has 0 saturated heterocycles. The molecule has 0 aliphatic rings. The van der Waals surface area contributed by atoms with Crippen molar-refractivity contribution in [3.63, 3.8) is 0 Å². The van der Waals surface area contributed by atoms with Crippen LogP contribution < -0.4 is 5.32 Å². The quantitative estimate of drug-likeness (QED) is 0.660. The van der Waals surface area contributed by atoms with Gasteiger partial charge in [-0.15, -0.1) is 0 Å². The molecule has 2 atom stereocenters. The van der Waals surface area contributed by atoms with Crippen molar-refractivity contribution in [3.05, 3.63) is 65.5 Å². The summed E-state index contributed by atoms with van der Waals surface area (Å²) in [6, 6.07) is 12.5. The van der Waals surface area contributed by atoms with Crippen LogP contribution >= 0.6 is 0 Å². The third-order valence-electron chi connectivity index (χ3n) is 5.03. The lowest BCUT2D eigenvalue weighted by atomic mass is 9.97. The van der Waals surface area contributed by atoms with Gasteiger partial charge in [0.1, 0.15) is 5.82 Å². The minimum atomic E-state index is -3.50. The van der Waals surface area contributed by atoms with E-state index in [2.05, 4.69) is 5.32 Å². The van der Waals surface area contributed by atoms with E-state index in [0.29, 0.717) is 13.1 Å². The fourth-order valence-electron chi connectivity index (χ4n) is 3.21. The average molecular weight is 421 g/mol. The van der Waals surface area contributed by atoms with E-state index in [1.54, 1.807) is 50.2 Å². The van der Waals surface area contributed by atoms with Crippen LogP contribution in [0, 0.1) is 5.82 Å². The fourth-order valence-corrected chi connectivity index (χ4v) is 4.67. The Bertz CT molecular complexity index is 908. The van der Waals surface area contributed by atoms with E-state index in [-0.39, 0.29) is 35.0 Å². The lowest BCUT2D eigenvalue weighted by Gasteiger charge is -2.20. The molecule has 0 radical (unpaired) electrons. The zero-order valence-electron chi connectivity index (χ0n) is 17.4. The van der Waals surface area contributed by atoms with Crippen LogP contribution in [0.25, 0.3) is 0 Å². The van der Waals surface area contributed by atoms with Crippen molar-refractivity contribution in [3.8, 4) is 0 Å². The number of carbonyl (C=O) groups is 1. The lowest BCUT2D eigenvalue weighted by Crippen LogP contribution is -2.30. The number of amides is 1. The standard InChI is InChI=1S/C22H29FN2O3S/c1-5-25(6-2)29(27,28)21-13-9-19(10-14-21)17(4)24-22(26)15-16(3)18-7-11-20(23)12-8-18/h7-14,16-17H,5-6,15H2,1-4H3,(H,24,26). The number of halogens is 1. The molecule has 0 spiro atoms. The van der Waals surface area contributed by atoms with E-state index < -0.39 is 10.0 Å². The topological polar surface area (TPSA) is 66.5 Å². The number of benzene rings is 2. The van der Waals surface area contributed by atoms with Gasteiger partial charge in [-0.25, -0.2) is 12.8 Å². The Labute approximate surface area is 173 Å². The first-order valence-electron chi connectivity index (χ1n) is 9.84. The molecule has 0 saturated carbocycles. The Morgan fingerprint density at radius 1 is 0.966 bits per heavy atom. The van der Waals surface area contributed by atoms with E-state index >= 15 is 0 Å². The normalized spacial score (nSPS) is 13.9. The molecular formula is C22H29FN2O3S. The summed E-state index contributed by atoms with van der Waals surface area (Å²) in [6.07, 6.45) is 0.282. The van der Waals surface area contributed by atoms with Crippen molar-refractivity contribution < 1.29 is 17.6 Å². The predicted molar refractivity (Wildman–Crippen MR) is 113 cm³/mol. The largest absolute Gasteiger partial charge is 0.350 e. The van der Waals surface area contributed by atoms with Gasteiger partial charge < -0.3 is 5.32 Å². The molecule has 2 rings (SSSR count). The summed E-state index contributed by atoms with van der Waals surface area (Å²) in [5, 5.41) is 2.94.